The predicted octanol–water partition coefficient (Wildman–Crippen LogP) is 3.83. The van der Waals surface area contributed by atoms with Crippen LogP contribution in [-0.4, -0.2) is 30.0 Å². The number of carboxylic acids is 1. The number of hydrogen-bond acceptors (Lipinski definition) is 4. The van der Waals surface area contributed by atoms with Crippen LogP contribution >= 0.6 is 0 Å². The summed E-state index contributed by atoms with van der Waals surface area (Å²) in [5.74, 6) is -0.237. The topological polar surface area (TPSA) is 68.1 Å². The van der Waals surface area contributed by atoms with Crippen LogP contribution in [0, 0.1) is 6.92 Å². The molecule has 0 fully saturated rings. The highest BCUT2D eigenvalue weighted by Gasteiger charge is 2.03. The van der Waals surface area contributed by atoms with E-state index in [-0.39, 0.29) is 6.42 Å². The van der Waals surface area contributed by atoms with Gasteiger partial charge < -0.3 is 14.7 Å². The van der Waals surface area contributed by atoms with Gasteiger partial charge >= 0.3 is 5.97 Å². The monoisotopic (exact) mass is 341 g/mol. The Morgan fingerprint density at radius 3 is 2.56 bits per heavy atom. The molecule has 5 nitrogen and oxygen atoms in total. The molecule has 0 unspecified atom stereocenters. The summed E-state index contributed by atoms with van der Waals surface area (Å²) in [6.45, 7) is 4.74. The van der Waals surface area contributed by atoms with Crippen LogP contribution in [0.4, 0.5) is 0 Å². The molecule has 5 heteroatoms. The number of aryl methyl sites for hydroxylation is 1. The van der Waals surface area contributed by atoms with E-state index in [1.54, 1.807) is 24.3 Å². The molecule has 0 radical (unpaired) electrons. The van der Waals surface area contributed by atoms with E-state index in [4.69, 9.17) is 14.7 Å². The molecule has 2 aromatic carbocycles. The van der Waals surface area contributed by atoms with Gasteiger partial charge in [0.05, 0.1) is 12.1 Å². The molecule has 0 bridgehead atoms. The second kappa shape index (κ2) is 9.47. The second-order valence-electron chi connectivity index (χ2n) is 5.66. The molecule has 132 valence electrons. The van der Waals surface area contributed by atoms with Crippen molar-refractivity contribution in [3.05, 3.63) is 65.2 Å². The zero-order valence-corrected chi connectivity index (χ0v) is 14.6. The highest BCUT2D eigenvalue weighted by atomic mass is 16.6. The average molecular weight is 341 g/mol. The van der Waals surface area contributed by atoms with Gasteiger partial charge in [-0.05, 0) is 36.6 Å². The largest absolute Gasteiger partial charge is 0.490 e. The van der Waals surface area contributed by atoms with Crippen molar-refractivity contribution in [1.29, 1.82) is 0 Å². The maximum atomic E-state index is 10.7. The molecule has 0 heterocycles. The lowest BCUT2D eigenvalue weighted by atomic mass is 10.1. The fourth-order valence-electron chi connectivity index (χ4n) is 2.31. The van der Waals surface area contributed by atoms with Crippen LogP contribution in [0.2, 0.25) is 0 Å². The zero-order valence-electron chi connectivity index (χ0n) is 14.6. The van der Waals surface area contributed by atoms with Crippen LogP contribution in [0.15, 0.2) is 53.7 Å². The van der Waals surface area contributed by atoms with Gasteiger partial charge in [-0.25, -0.2) is 0 Å². The van der Waals surface area contributed by atoms with Crippen LogP contribution in [0.5, 0.6) is 5.75 Å². The van der Waals surface area contributed by atoms with Crippen molar-refractivity contribution < 1.29 is 19.5 Å². The molecule has 0 amide bonds. The lowest BCUT2D eigenvalue weighted by Crippen LogP contribution is -2.07. The molecule has 2 rings (SSSR count). The number of oxime groups is 1. The summed E-state index contributed by atoms with van der Waals surface area (Å²) < 4.78 is 5.58. The van der Waals surface area contributed by atoms with Crippen molar-refractivity contribution in [2.75, 3.05) is 13.2 Å². The number of hydrogen-bond donors (Lipinski definition) is 1. The minimum atomic E-state index is -0.863. The van der Waals surface area contributed by atoms with Crippen LogP contribution in [-0.2, 0) is 16.1 Å². The van der Waals surface area contributed by atoms with Gasteiger partial charge in [0.1, 0.15) is 12.4 Å². The minimum absolute atomic E-state index is 0.0194. The summed E-state index contributed by atoms with van der Waals surface area (Å²) in [5.41, 5.74) is 3.86. The van der Waals surface area contributed by atoms with Crippen LogP contribution in [0.1, 0.15) is 30.0 Å². The molecule has 0 atom stereocenters. The molecule has 0 saturated heterocycles. The summed E-state index contributed by atoms with van der Waals surface area (Å²) in [7, 11) is 0. The number of nitrogens with zero attached hydrogens (tertiary/aromatic N) is 1. The van der Waals surface area contributed by atoms with Gasteiger partial charge in [-0.3, -0.25) is 4.79 Å². The first-order valence-electron chi connectivity index (χ1n) is 8.28. The lowest BCUT2D eigenvalue weighted by Gasteiger charge is -2.08. The van der Waals surface area contributed by atoms with Crippen LogP contribution < -0.4 is 4.74 Å². The van der Waals surface area contributed by atoms with E-state index >= 15 is 0 Å². The van der Waals surface area contributed by atoms with E-state index in [1.807, 2.05) is 38.1 Å². The van der Waals surface area contributed by atoms with Gasteiger partial charge in [-0.15, -0.1) is 0 Å². The molecule has 0 aromatic heterocycles. The van der Waals surface area contributed by atoms with Gasteiger partial charge in [-0.2, -0.15) is 0 Å². The van der Waals surface area contributed by atoms with E-state index in [9.17, 15) is 4.79 Å². The predicted molar refractivity (Wildman–Crippen MR) is 97.2 cm³/mol. The van der Waals surface area contributed by atoms with Gasteiger partial charge in [0.15, 0.2) is 6.61 Å². The fourth-order valence-corrected chi connectivity index (χ4v) is 2.31. The van der Waals surface area contributed by atoms with E-state index < -0.39 is 5.97 Å². The molecule has 0 aliphatic heterocycles. The summed E-state index contributed by atoms with van der Waals surface area (Å²) in [6, 6.07) is 15.2. The molecule has 0 aliphatic carbocycles. The first-order valence-corrected chi connectivity index (χ1v) is 8.28. The van der Waals surface area contributed by atoms with Crippen molar-refractivity contribution in [3.63, 3.8) is 0 Å². The molecular weight excluding hydrogens is 318 g/mol. The number of aliphatic carboxylic acids is 1. The lowest BCUT2D eigenvalue weighted by molar-refractivity contribution is -0.136. The molecule has 1 N–H and O–H groups in total. The normalized spacial score (nSPS) is 11.2. The molecular formula is C20H23NO4. The second-order valence-corrected chi connectivity index (χ2v) is 5.66. The molecule has 2 aromatic rings. The third-order valence-electron chi connectivity index (χ3n) is 3.59. The Labute approximate surface area is 147 Å². The number of carboxylic acid groups (broad SMARTS) is 1. The number of carbonyl (C=O) groups is 1. The Morgan fingerprint density at radius 2 is 1.88 bits per heavy atom. The van der Waals surface area contributed by atoms with Crippen molar-refractivity contribution in [2.24, 2.45) is 5.16 Å². The Kier molecular flexibility index (Phi) is 7.01. The fraction of sp³-hybridized carbons (Fsp3) is 0.300. The van der Waals surface area contributed by atoms with Crippen LogP contribution in [0.25, 0.3) is 0 Å². The van der Waals surface area contributed by atoms with Gasteiger partial charge in [0.2, 0.25) is 0 Å². The third kappa shape index (κ3) is 6.30. The van der Waals surface area contributed by atoms with Gasteiger partial charge in [0.25, 0.3) is 0 Å². The SMILES string of the molecule is CC/C(=N\OCCOc1cccc(CC(=O)O)c1)c1ccc(C)cc1. The zero-order chi connectivity index (χ0) is 18.1. The van der Waals surface area contributed by atoms with Crippen molar-refractivity contribution in [2.45, 2.75) is 26.7 Å². The first kappa shape index (κ1) is 18.5. The van der Waals surface area contributed by atoms with E-state index in [0.29, 0.717) is 24.5 Å². The number of benzene rings is 2. The standard InChI is InChI=1S/C20H23NO4/c1-3-19(17-9-7-15(2)8-10-17)21-25-12-11-24-18-6-4-5-16(13-18)14-20(22)23/h4-10,13H,3,11-12,14H2,1-2H3,(H,22,23)/b21-19+. The summed E-state index contributed by atoms with van der Waals surface area (Å²) in [6.07, 6.45) is 0.759. The summed E-state index contributed by atoms with van der Waals surface area (Å²) in [4.78, 5) is 16.1. The third-order valence-corrected chi connectivity index (χ3v) is 3.59. The molecule has 0 saturated carbocycles. The summed E-state index contributed by atoms with van der Waals surface area (Å²) >= 11 is 0. The van der Waals surface area contributed by atoms with Crippen LogP contribution in [0.3, 0.4) is 0 Å². The smallest absolute Gasteiger partial charge is 0.307 e. The Morgan fingerprint density at radius 1 is 1.12 bits per heavy atom. The van der Waals surface area contributed by atoms with E-state index in [0.717, 1.165) is 17.7 Å². The Balaban J connectivity index is 1.82. The first-order chi connectivity index (χ1) is 12.1. The van der Waals surface area contributed by atoms with Crippen molar-refractivity contribution in [1.82, 2.24) is 0 Å². The summed E-state index contributed by atoms with van der Waals surface area (Å²) in [5, 5.41) is 13.0. The van der Waals surface area contributed by atoms with Crippen molar-refractivity contribution >= 4 is 11.7 Å². The molecule has 0 spiro atoms. The van der Waals surface area contributed by atoms with E-state index in [1.165, 1.54) is 5.56 Å². The quantitative estimate of drug-likeness (QED) is 0.427. The molecule has 25 heavy (non-hydrogen) atoms. The van der Waals surface area contributed by atoms with Crippen molar-refractivity contribution in [3.8, 4) is 5.75 Å². The number of ether oxygens (including phenoxy) is 1. The maximum Gasteiger partial charge on any atom is 0.307 e. The van der Waals surface area contributed by atoms with Gasteiger partial charge in [0, 0.05) is 0 Å². The molecule has 0 aliphatic rings. The van der Waals surface area contributed by atoms with Gasteiger partial charge in [-0.1, -0.05) is 54.0 Å². The minimum Gasteiger partial charge on any atom is -0.490 e. The Hall–Kier alpha value is -2.82. The average Bonchev–Trinajstić information content (AvgIpc) is 2.59. The highest BCUT2D eigenvalue weighted by molar-refractivity contribution is 6.00. The maximum absolute atomic E-state index is 10.7. The Bertz CT molecular complexity index is 723. The van der Waals surface area contributed by atoms with E-state index in [2.05, 4.69) is 5.16 Å². The number of rotatable bonds is 9. The highest BCUT2D eigenvalue weighted by Crippen LogP contribution is 2.14.